The minimum absolute atomic E-state index is 0.204. The summed E-state index contributed by atoms with van der Waals surface area (Å²) in [7, 11) is 0. The first-order chi connectivity index (χ1) is 10.2. The van der Waals surface area contributed by atoms with Crippen molar-refractivity contribution in [2.24, 2.45) is 5.29 Å². The monoisotopic (exact) mass is 288 g/mol. The first-order valence-corrected chi connectivity index (χ1v) is 7.65. The van der Waals surface area contributed by atoms with E-state index in [0.29, 0.717) is 18.9 Å². The average molecular weight is 288 g/mol. The highest BCUT2D eigenvalue weighted by Gasteiger charge is 2.30. The molecule has 1 heterocycles. The van der Waals surface area contributed by atoms with Gasteiger partial charge in [0.1, 0.15) is 5.75 Å². The highest BCUT2D eigenvalue weighted by molar-refractivity contribution is 5.75. The van der Waals surface area contributed by atoms with Gasteiger partial charge in [0.2, 0.25) is 5.91 Å². The average Bonchev–Trinajstić information content (AvgIpc) is 3.12. The molecule has 112 valence electrons. The normalized spacial score (nSPS) is 18.8. The van der Waals surface area contributed by atoms with Gasteiger partial charge in [0.15, 0.2) is 0 Å². The van der Waals surface area contributed by atoms with E-state index in [0.717, 1.165) is 43.0 Å². The minimum atomic E-state index is -0.204. The number of carbonyl (C=O) groups excluding carboxylic acids is 1. The molecule has 1 amide bonds. The summed E-state index contributed by atoms with van der Waals surface area (Å²) in [6.45, 7) is 2.91. The van der Waals surface area contributed by atoms with Crippen LogP contribution in [-0.4, -0.2) is 24.1 Å². The molecule has 1 aliphatic heterocycles. The quantitative estimate of drug-likeness (QED) is 0.618. The lowest BCUT2D eigenvalue weighted by molar-refractivity contribution is -0.131. The van der Waals surface area contributed by atoms with Gasteiger partial charge in [-0.15, -0.1) is 4.91 Å². The lowest BCUT2D eigenvalue weighted by Gasteiger charge is -2.18. The Morgan fingerprint density at radius 1 is 1.43 bits per heavy atom. The van der Waals surface area contributed by atoms with Crippen molar-refractivity contribution >= 4 is 5.91 Å². The number of carbonyl (C=O) groups is 1. The van der Waals surface area contributed by atoms with Crippen LogP contribution in [0.25, 0.3) is 0 Å². The molecule has 0 fully saturated rings. The largest absolute Gasteiger partial charge is 0.493 e. The zero-order valence-corrected chi connectivity index (χ0v) is 12.3. The first-order valence-electron chi connectivity index (χ1n) is 7.65. The van der Waals surface area contributed by atoms with Crippen LogP contribution >= 0.6 is 0 Å². The molecule has 21 heavy (non-hydrogen) atoms. The van der Waals surface area contributed by atoms with Gasteiger partial charge in [-0.25, -0.2) is 0 Å². The Morgan fingerprint density at radius 3 is 3.05 bits per heavy atom. The maximum atomic E-state index is 11.6. The molecule has 0 unspecified atom stereocenters. The lowest BCUT2D eigenvalue weighted by atomic mass is 9.92. The van der Waals surface area contributed by atoms with Crippen molar-refractivity contribution in [3.05, 3.63) is 33.7 Å². The molecule has 1 aliphatic carbocycles. The van der Waals surface area contributed by atoms with E-state index in [1.54, 1.807) is 6.92 Å². The van der Waals surface area contributed by atoms with E-state index in [2.05, 4.69) is 17.4 Å². The first kappa shape index (κ1) is 14.0. The Labute approximate surface area is 124 Å². The maximum Gasteiger partial charge on any atom is 0.244 e. The topological polar surface area (TPSA) is 59.0 Å². The summed E-state index contributed by atoms with van der Waals surface area (Å²) in [6, 6.07) is 4.23. The van der Waals surface area contributed by atoms with Crippen LogP contribution in [0.5, 0.6) is 5.75 Å². The fraction of sp³-hybridized carbons (Fsp3) is 0.562. The number of hydrogen-bond acceptors (Lipinski definition) is 4. The Morgan fingerprint density at radius 2 is 2.29 bits per heavy atom. The summed E-state index contributed by atoms with van der Waals surface area (Å²) in [5, 5.41) is 3.92. The summed E-state index contributed by atoms with van der Waals surface area (Å²) in [4.78, 5) is 22.4. The van der Waals surface area contributed by atoms with Crippen LogP contribution in [0.2, 0.25) is 0 Å². The number of amides is 1. The molecule has 2 aliphatic rings. The third kappa shape index (κ3) is 2.52. The highest BCUT2D eigenvalue weighted by atomic mass is 16.5. The molecule has 0 bridgehead atoms. The van der Waals surface area contributed by atoms with Gasteiger partial charge in [0, 0.05) is 24.9 Å². The van der Waals surface area contributed by atoms with Gasteiger partial charge < -0.3 is 4.74 Å². The number of benzene rings is 1. The van der Waals surface area contributed by atoms with Gasteiger partial charge in [0.25, 0.3) is 0 Å². The molecule has 5 nitrogen and oxygen atoms in total. The molecule has 0 spiro atoms. The molecule has 0 saturated carbocycles. The van der Waals surface area contributed by atoms with Gasteiger partial charge in [0.05, 0.1) is 11.9 Å². The van der Waals surface area contributed by atoms with Crippen LogP contribution in [0.15, 0.2) is 17.4 Å². The summed E-state index contributed by atoms with van der Waals surface area (Å²) < 4.78 is 5.64. The van der Waals surface area contributed by atoms with Crippen LogP contribution in [0.1, 0.15) is 48.8 Å². The van der Waals surface area contributed by atoms with E-state index in [9.17, 15) is 9.70 Å². The van der Waals surface area contributed by atoms with Crippen molar-refractivity contribution in [2.75, 3.05) is 13.2 Å². The number of nitroso groups, excluding NO2 is 1. The van der Waals surface area contributed by atoms with Gasteiger partial charge in [-0.3, -0.25) is 4.79 Å². The molecular weight excluding hydrogens is 268 g/mol. The van der Waals surface area contributed by atoms with E-state index in [-0.39, 0.29) is 5.91 Å². The van der Waals surface area contributed by atoms with Crippen LogP contribution in [0.3, 0.4) is 0 Å². The summed E-state index contributed by atoms with van der Waals surface area (Å²) >= 11 is 0. The second kappa shape index (κ2) is 5.84. The third-order valence-electron chi connectivity index (χ3n) is 4.56. The van der Waals surface area contributed by atoms with Crippen LogP contribution in [-0.2, 0) is 17.6 Å². The Balaban J connectivity index is 1.74. The number of hydrogen-bond donors (Lipinski definition) is 0. The van der Waals surface area contributed by atoms with E-state index in [4.69, 9.17) is 4.74 Å². The molecule has 0 radical (unpaired) electrons. The molecule has 1 atom stereocenters. The van der Waals surface area contributed by atoms with Crippen LogP contribution < -0.4 is 4.74 Å². The molecule has 1 aromatic rings. The summed E-state index contributed by atoms with van der Waals surface area (Å²) in [5.74, 6) is 1.21. The molecule has 0 saturated heterocycles. The van der Waals surface area contributed by atoms with Gasteiger partial charge in [-0.2, -0.15) is 5.01 Å². The SMILES string of the molecule is CCC(=O)N(CC[C@@H]1CCc2ccc3c(c21)CCO3)N=O. The summed E-state index contributed by atoms with van der Waals surface area (Å²) in [6.07, 6.45) is 4.23. The second-order valence-corrected chi connectivity index (χ2v) is 5.69. The number of nitrogens with zero attached hydrogens (tertiary/aromatic N) is 2. The molecule has 0 N–H and O–H groups in total. The number of fused-ring (bicyclic) bond motifs is 3. The van der Waals surface area contributed by atoms with Gasteiger partial charge in [-0.05, 0) is 42.4 Å². The molecule has 5 heteroatoms. The van der Waals surface area contributed by atoms with Gasteiger partial charge in [-0.1, -0.05) is 13.0 Å². The Bertz CT molecular complexity index is 571. The fourth-order valence-corrected chi connectivity index (χ4v) is 3.51. The molecule has 3 rings (SSSR count). The molecular formula is C16H20N2O3. The third-order valence-corrected chi connectivity index (χ3v) is 4.56. The number of aryl methyl sites for hydroxylation is 1. The number of rotatable bonds is 5. The van der Waals surface area contributed by atoms with Crippen molar-refractivity contribution in [3.8, 4) is 5.75 Å². The van der Waals surface area contributed by atoms with Gasteiger partial charge >= 0.3 is 0 Å². The smallest absolute Gasteiger partial charge is 0.244 e. The maximum absolute atomic E-state index is 11.6. The fourth-order valence-electron chi connectivity index (χ4n) is 3.51. The highest BCUT2D eigenvalue weighted by Crippen LogP contribution is 2.43. The van der Waals surface area contributed by atoms with Crippen LogP contribution in [0, 0.1) is 4.91 Å². The summed E-state index contributed by atoms with van der Waals surface area (Å²) in [5.41, 5.74) is 4.14. The zero-order chi connectivity index (χ0) is 14.8. The van der Waals surface area contributed by atoms with Crippen LogP contribution in [0.4, 0.5) is 0 Å². The molecule has 0 aromatic heterocycles. The molecule has 1 aromatic carbocycles. The van der Waals surface area contributed by atoms with E-state index in [1.165, 1.54) is 16.7 Å². The van der Waals surface area contributed by atoms with Crippen molar-refractivity contribution in [3.63, 3.8) is 0 Å². The second-order valence-electron chi connectivity index (χ2n) is 5.69. The predicted molar refractivity (Wildman–Crippen MR) is 79.1 cm³/mol. The van der Waals surface area contributed by atoms with Crippen molar-refractivity contribution in [1.82, 2.24) is 5.01 Å². The van der Waals surface area contributed by atoms with E-state index >= 15 is 0 Å². The zero-order valence-electron chi connectivity index (χ0n) is 12.3. The predicted octanol–water partition coefficient (Wildman–Crippen LogP) is 2.96. The van der Waals surface area contributed by atoms with E-state index in [1.807, 2.05) is 0 Å². The number of ether oxygens (including phenoxy) is 1. The Kier molecular flexibility index (Phi) is 3.90. The van der Waals surface area contributed by atoms with E-state index < -0.39 is 0 Å². The Hall–Kier alpha value is -1.91. The van der Waals surface area contributed by atoms with Crippen molar-refractivity contribution < 1.29 is 9.53 Å². The minimum Gasteiger partial charge on any atom is -0.493 e. The van der Waals surface area contributed by atoms with Crippen molar-refractivity contribution in [1.29, 1.82) is 0 Å². The lowest BCUT2D eigenvalue weighted by Crippen LogP contribution is -2.26. The van der Waals surface area contributed by atoms with Crippen molar-refractivity contribution in [2.45, 2.75) is 44.9 Å². The standard InChI is InChI=1S/C16H20N2O3/c1-2-15(19)18(17-20)9-7-12-4-3-11-5-6-14-13(16(11)12)8-10-21-14/h5-6,12H,2-4,7-10H2,1H3/t12-/m0/s1.